The molecule has 0 aliphatic carbocycles. The molecule has 0 atom stereocenters. The van der Waals surface area contributed by atoms with Crippen LogP contribution in [-0.2, 0) is 0 Å². The minimum atomic E-state index is -4.82. The number of hydrogen-bond acceptors (Lipinski definition) is 2. The summed E-state index contributed by atoms with van der Waals surface area (Å²) in [5.74, 6) is -0.997. The van der Waals surface area contributed by atoms with E-state index in [1.807, 2.05) is 0 Å². The summed E-state index contributed by atoms with van der Waals surface area (Å²) >= 11 is 0. The first-order valence-electron chi connectivity index (χ1n) is 4.32. The van der Waals surface area contributed by atoms with Gasteiger partial charge in [0, 0.05) is 11.5 Å². The molecule has 0 saturated heterocycles. The maximum atomic E-state index is 13.2. The fourth-order valence-corrected chi connectivity index (χ4v) is 1.11. The van der Waals surface area contributed by atoms with Gasteiger partial charge >= 0.3 is 6.36 Å². The van der Waals surface area contributed by atoms with Crippen molar-refractivity contribution in [2.75, 3.05) is 6.61 Å². The number of ether oxygens (including phenoxy) is 1. The monoisotopic (exact) mass is 237 g/mol. The van der Waals surface area contributed by atoms with Gasteiger partial charge < -0.3 is 9.84 Å². The lowest BCUT2D eigenvalue weighted by Crippen LogP contribution is -2.17. The summed E-state index contributed by atoms with van der Waals surface area (Å²) in [6, 6.07) is 2.63. The van der Waals surface area contributed by atoms with Crippen molar-refractivity contribution in [1.29, 1.82) is 0 Å². The lowest BCUT2D eigenvalue weighted by molar-refractivity contribution is -0.274. The van der Waals surface area contributed by atoms with Gasteiger partial charge in [0.15, 0.2) is 0 Å². The molecule has 16 heavy (non-hydrogen) atoms. The van der Waals surface area contributed by atoms with E-state index in [1.165, 1.54) is 6.92 Å². The van der Waals surface area contributed by atoms with Gasteiger partial charge in [-0.05, 0) is 18.2 Å². The van der Waals surface area contributed by atoms with Crippen LogP contribution in [0.15, 0.2) is 18.2 Å². The van der Waals surface area contributed by atoms with E-state index in [2.05, 4.69) is 4.74 Å². The van der Waals surface area contributed by atoms with Gasteiger partial charge in [-0.2, -0.15) is 0 Å². The molecule has 0 heterocycles. The third-order valence-corrected chi connectivity index (χ3v) is 1.87. The van der Waals surface area contributed by atoms with Gasteiger partial charge in [0.1, 0.15) is 11.6 Å². The van der Waals surface area contributed by atoms with Crippen molar-refractivity contribution >= 4 is 0 Å². The fourth-order valence-electron chi connectivity index (χ4n) is 1.11. The Morgan fingerprint density at radius 1 is 1.38 bits per heavy atom. The van der Waals surface area contributed by atoms with Crippen LogP contribution in [0.5, 0.6) is 5.75 Å². The molecule has 1 radical (unpaired) electrons. The van der Waals surface area contributed by atoms with Crippen LogP contribution in [0.2, 0.25) is 0 Å². The molecule has 0 fully saturated rings. The fraction of sp³-hybridized carbons (Fsp3) is 0.300. The standard InChI is InChI=1S/C10H9F4O2/c1-6(5-15)8-4-7(2-3-9(8)11)16-10(12,13)14/h2-4,15H,5H2,1H3. The summed E-state index contributed by atoms with van der Waals surface area (Å²) in [6.45, 7) is 0.974. The number of aliphatic hydroxyl groups excluding tert-OH is 1. The van der Waals surface area contributed by atoms with E-state index in [-0.39, 0.29) is 11.5 Å². The molecule has 0 saturated carbocycles. The highest BCUT2D eigenvalue weighted by molar-refractivity contribution is 5.38. The molecule has 0 spiro atoms. The highest BCUT2D eigenvalue weighted by Crippen LogP contribution is 2.27. The van der Waals surface area contributed by atoms with Crippen LogP contribution in [0.3, 0.4) is 0 Å². The van der Waals surface area contributed by atoms with Crippen LogP contribution in [0.1, 0.15) is 12.5 Å². The Morgan fingerprint density at radius 2 is 2.00 bits per heavy atom. The van der Waals surface area contributed by atoms with Crippen LogP contribution in [0, 0.1) is 11.7 Å². The van der Waals surface area contributed by atoms with Gasteiger partial charge in [-0.15, -0.1) is 13.2 Å². The third-order valence-electron chi connectivity index (χ3n) is 1.87. The molecule has 0 aromatic heterocycles. The van der Waals surface area contributed by atoms with Gasteiger partial charge in [0.25, 0.3) is 0 Å². The van der Waals surface area contributed by atoms with Gasteiger partial charge in [-0.3, -0.25) is 0 Å². The summed E-state index contributed by atoms with van der Waals surface area (Å²) in [5.41, 5.74) is -0.0933. The Kier molecular flexibility index (Phi) is 3.74. The molecule has 89 valence electrons. The molecule has 0 aliphatic heterocycles. The Hall–Kier alpha value is -1.30. The number of halogens is 4. The van der Waals surface area contributed by atoms with Crippen molar-refractivity contribution < 1.29 is 27.4 Å². The second kappa shape index (κ2) is 4.69. The smallest absolute Gasteiger partial charge is 0.406 e. The predicted octanol–water partition coefficient (Wildman–Crippen LogP) is 2.66. The lowest BCUT2D eigenvalue weighted by Gasteiger charge is -2.13. The molecule has 1 aromatic rings. The van der Waals surface area contributed by atoms with Gasteiger partial charge in [-0.1, -0.05) is 6.92 Å². The molecule has 1 aromatic carbocycles. The molecule has 1 N–H and O–H groups in total. The molecule has 1 rings (SSSR count). The number of aliphatic hydroxyl groups is 1. The second-order valence-corrected chi connectivity index (χ2v) is 3.13. The molecular weight excluding hydrogens is 228 g/mol. The summed E-state index contributed by atoms with van der Waals surface area (Å²) in [5, 5.41) is 8.77. The highest BCUT2D eigenvalue weighted by atomic mass is 19.4. The van der Waals surface area contributed by atoms with E-state index in [4.69, 9.17) is 5.11 Å². The number of hydrogen-bond donors (Lipinski definition) is 1. The maximum absolute atomic E-state index is 13.2. The van der Waals surface area contributed by atoms with E-state index < -0.39 is 24.5 Å². The van der Waals surface area contributed by atoms with Crippen LogP contribution in [0.25, 0.3) is 0 Å². The normalized spacial score (nSPS) is 11.9. The van der Waals surface area contributed by atoms with Crippen molar-refractivity contribution in [3.05, 3.63) is 35.5 Å². The van der Waals surface area contributed by atoms with Gasteiger partial charge in [0.05, 0.1) is 6.61 Å². The zero-order valence-electron chi connectivity index (χ0n) is 8.31. The SMILES string of the molecule is C[C](CO)c1cc(OC(F)(F)F)ccc1F. The first-order chi connectivity index (χ1) is 7.33. The van der Waals surface area contributed by atoms with Crippen LogP contribution < -0.4 is 4.74 Å². The van der Waals surface area contributed by atoms with Crippen molar-refractivity contribution in [1.82, 2.24) is 0 Å². The predicted molar refractivity (Wildman–Crippen MR) is 48.2 cm³/mol. The Morgan fingerprint density at radius 3 is 2.50 bits per heavy atom. The van der Waals surface area contributed by atoms with E-state index in [9.17, 15) is 17.6 Å². The first kappa shape index (κ1) is 12.8. The maximum Gasteiger partial charge on any atom is 0.573 e. The molecule has 0 bridgehead atoms. The van der Waals surface area contributed by atoms with Gasteiger partial charge in [0.2, 0.25) is 0 Å². The van der Waals surface area contributed by atoms with E-state index in [0.29, 0.717) is 0 Å². The van der Waals surface area contributed by atoms with Crippen LogP contribution >= 0.6 is 0 Å². The number of alkyl halides is 3. The average molecular weight is 237 g/mol. The van der Waals surface area contributed by atoms with Crippen molar-refractivity contribution in [3.8, 4) is 5.75 Å². The molecule has 0 amide bonds. The zero-order chi connectivity index (χ0) is 12.3. The second-order valence-electron chi connectivity index (χ2n) is 3.13. The minimum absolute atomic E-state index is 0.0933. The lowest BCUT2D eigenvalue weighted by atomic mass is 10.0. The zero-order valence-corrected chi connectivity index (χ0v) is 8.31. The van der Waals surface area contributed by atoms with E-state index in [1.54, 1.807) is 0 Å². The topological polar surface area (TPSA) is 29.5 Å². The first-order valence-corrected chi connectivity index (χ1v) is 4.32. The summed E-state index contributed by atoms with van der Waals surface area (Å²) in [7, 11) is 0. The summed E-state index contributed by atoms with van der Waals surface area (Å²) < 4.78 is 52.5. The van der Waals surface area contributed by atoms with E-state index in [0.717, 1.165) is 18.2 Å². The Bertz CT molecular complexity index is 362. The molecule has 0 aliphatic rings. The quantitative estimate of drug-likeness (QED) is 0.819. The summed E-state index contributed by atoms with van der Waals surface area (Å²) in [4.78, 5) is 0. The van der Waals surface area contributed by atoms with Crippen LogP contribution in [-0.4, -0.2) is 18.1 Å². The Balaban J connectivity index is 2.98. The van der Waals surface area contributed by atoms with E-state index >= 15 is 0 Å². The number of benzene rings is 1. The average Bonchev–Trinajstić information content (AvgIpc) is 2.18. The van der Waals surface area contributed by atoms with Gasteiger partial charge in [-0.25, -0.2) is 4.39 Å². The molecule has 0 unspecified atom stereocenters. The number of rotatable bonds is 3. The Labute approximate surface area is 89.5 Å². The highest BCUT2D eigenvalue weighted by Gasteiger charge is 2.31. The molecular formula is C10H9F4O2. The minimum Gasteiger partial charge on any atom is -0.406 e. The van der Waals surface area contributed by atoms with Crippen molar-refractivity contribution in [2.45, 2.75) is 13.3 Å². The van der Waals surface area contributed by atoms with Crippen molar-refractivity contribution in [3.63, 3.8) is 0 Å². The van der Waals surface area contributed by atoms with Crippen LogP contribution in [0.4, 0.5) is 17.6 Å². The molecule has 2 nitrogen and oxygen atoms in total. The molecule has 6 heteroatoms. The largest absolute Gasteiger partial charge is 0.573 e. The van der Waals surface area contributed by atoms with Crippen molar-refractivity contribution in [2.24, 2.45) is 0 Å². The summed E-state index contributed by atoms with van der Waals surface area (Å²) in [6.07, 6.45) is -4.82. The third kappa shape index (κ3) is 3.37.